The van der Waals surface area contributed by atoms with E-state index in [4.69, 9.17) is 5.73 Å². The smallest absolute Gasteiger partial charge is 0.103 e. The van der Waals surface area contributed by atoms with Gasteiger partial charge in [0.25, 0.3) is 0 Å². The third kappa shape index (κ3) is 2.56. The van der Waals surface area contributed by atoms with Crippen LogP contribution in [0.5, 0.6) is 0 Å². The molecule has 3 N–H and O–H groups in total. The van der Waals surface area contributed by atoms with E-state index in [1.165, 1.54) is 12.8 Å². The van der Waals surface area contributed by atoms with Crippen LogP contribution in [0.3, 0.4) is 0 Å². The number of hydrogen-bond donors (Lipinski definition) is 2. The number of para-hydroxylation sites is 1. The standard InChI is InChI=1S/C18H24N2O/c1-2-13-9-10-18(11-13,12-19)17(21)16-8-7-14-5-3-4-6-15(14)20-16/h3-8,13,17,21H,2,9-12,19H2,1H3. The molecule has 3 unspecified atom stereocenters. The summed E-state index contributed by atoms with van der Waals surface area (Å²) in [6.45, 7) is 2.75. The maximum atomic E-state index is 10.9. The topological polar surface area (TPSA) is 59.1 Å². The molecule has 1 heterocycles. The van der Waals surface area contributed by atoms with Crippen LogP contribution in [0.25, 0.3) is 10.9 Å². The number of aliphatic hydroxyl groups excluding tert-OH is 1. The van der Waals surface area contributed by atoms with Crippen LogP contribution in [-0.2, 0) is 0 Å². The lowest BCUT2D eigenvalue weighted by atomic mass is 9.78. The zero-order chi connectivity index (χ0) is 14.9. The molecule has 1 aliphatic carbocycles. The number of nitrogens with two attached hydrogens (primary N) is 1. The molecule has 0 bridgehead atoms. The second-order valence-electron chi connectivity index (χ2n) is 6.41. The fraction of sp³-hybridized carbons (Fsp3) is 0.500. The predicted octanol–water partition coefficient (Wildman–Crippen LogP) is 3.42. The maximum absolute atomic E-state index is 10.9. The molecular weight excluding hydrogens is 260 g/mol. The van der Waals surface area contributed by atoms with E-state index < -0.39 is 6.10 Å². The van der Waals surface area contributed by atoms with Crippen molar-refractivity contribution in [3.05, 3.63) is 42.1 Å². The summed E-state index contributed by atoms with van der Waals surface area (Å²) < 4.78 is 0. The lowest BCUT2D eigenvalue weighted by molar-refractivity contribution is 0.0271. The van der Waals surface area contributed by atoms with Crippen LogP contribution in [-0.4, -0.2) is 16.6 Å². The molecule has 0 aliphatic heterocycles. The van der Waals surface area contributed by atoms with Gasteiger partial charge in [-0.05, 0) is 37.3 Å². The van der Waals surface area contributed by atoms with Crippen LogP contribution in [0.4, 0.5) is 0 Å². The van der Waals surface area contributed by atoms with Crippen molar-refractivity contribution in [2.75, 3.05) is 6.54 Å². The Morgan fingerprint density at radius 1 is 1.33 bits per heavy atom. The fourth-order valence-electron chi connectivity index (χ4n) is 3.71. The van der Waals surface area contributed by atoms with E-state index >= 15 is 0 Å². The predicted molar refractivity (Wildman–Crippen MR) is 85.8 cm³/mol. The van der Waals surface area contributed by atoms with Gasteiger partial charge >= 0.3 is 0 Å². The molecule has 0 radical (unpaired) electrons. The number of fused-ring (bicyclic) bond motifs is 1. The average molecular weight is 284 g/mol. The lowest BCUT2D eigenvalue weighted by Gasteiger charge is -2.33. The minimum absolute atomic E-state index is 0.198. The number of benzene rings is 1. The molecule has 0 spiro atoms. The van der Waals surface area contributed by atoms with Gasteiger partial charge < -0.3 is 10.8 Å². The third-order valence-corrected chi connectivity index (χ3v) is 5.21. The van der Waals surface area contributed by atoms with Crippen molar-refractivity contribution in [2.45, 2.75) is 38.7 Å². The molecule has 1 aromatic carbocycles. The van der Waals surface area contributed by atoms with Crippen LogP contribution in [0.1, 0.15) is 44.4 Å². The summed E-state index contributed by atoms with van der Waals surface area (Å²) >= 11 is 0. The second kappa shape index (κ2) is 5.74. The van der Waals surface area contributed by atoms with Crippen molar-refractivity contribution in [1.82, 2.24) is 4.98 Å². The van der Waals surface area contributed by atoms with Gasteiger partial charge in [0.15, 0.2) is 0 Å². The average Bonchev–Trinajstić information content (AvgIpc) is 2.98. The fourth-order valence-corrected chi connectivity index (χ4v) is 3.71. The van der Waals surface area contributed by atoms with Gasteiger partial charge in [-0.1, -0.05) is 37.6 Å². The first kappa shape index (κ1) is 14.5. The van der Waals surface area contributed by atoms with Crippen molar-refractivity contribution in [3.8, 4) is 0 Å². The number of hydrogen-bond acceptors (Lipinski definition) is 3. The zero-order valence-electron chi connectivity index (χ0n) is 12.6. The molecule has 3 atom stereocenters. The summed E-state index contributed by atoms with van der Waals surface area (Å²) in [5.74, 6) is 0.684. The Morgan fingerprint density at radius 2 is 2.14 bits per heavy atom. The molecule has 0 amide bonds. The Morgan fingerprint density at radius 3 is 2.86 bits per heavy atom. The van der Waals surface area contributed by atoms with Gasteiger partial charge in [0, 0.05) is 17.3 Å². The Labute approximate surface area is 126 Å². The molecule has 1 aliphatic rings. The number of aromatic nitrogens is 1. The van der Waals surface area contributed by atoms with E-state index in [9.17, 15) is 5.11 Å². The highest BCUT2D eigenvalue weighted by atomic mass is 16.3. The van der Waals surface area contributed by atoms with Gasteiger partial charge in [-0.3, -0.25) is 4.98 Å². The Hall–Kier alpha value is -1.45. The zero-order valence-corrected chi connectivity index (χ0v) is 12.6. The molecule has 1 aromatic heterocycles. The molecule has 1 saturated carbocycles. The molecule has 3 rings (SSSR count). The largest absolute Gasteiger partial charge is 0.386 e. The molecule has 2 aromatic rings. The van der Waals surface area contributed by atoms with Gasteiger partial charge in [0.2, 0.25) is 0 Å². The first-order valence-corrected chi connectivity index (χ1v) is 7.92. The minimum Gasteiger partial charge on any atom is -0.386 e. The van der Waals surface area contributed by atoms with E-state index in [0.717, 1.165) is 29.4 Å². The van der Waals surface area contributed by atoms with Gasteiger partial charge in [0.05, 0.1) is 11.2 Å². The van der Waals surface area contributed by atoms with Crippen LogP contribution in [0.15, 0.2) is 36.4 Å². The molecule has 21 heavy (non-hydrogen) atoms. The Bertz CT molecular complexity index is 627. The quantitative estimate of drug-likeness (QED) is 0.904. The highest BCUT2D eigenvalue weighted by Crippen LogP contribution is 2.49. The Kier molecular flexibility index (Phi) is 3.96. The number of nitrogens with zero attached hydrogens (tertiary/aromatic N) is 1. The highest BCUT2D eigenvalue weighted by Gasteiger charge is 2.44. The first-order valence-electron chi connectivity index (χ1n) is 7.92. The maximum Gasteiger partial charge on any atom is 0.103 e. The minimum atomic E-state index is -0.566. The third-order valence-electron chi connectivity index (χ3n) is 5.21. The highest BCUT2D eigenvalue weighted by molar-refractivity contribution is 5.78. The van der Waals surface area contributed by atoms with E-state index in [1.807, 2.05) is 36.4 Å². The summed E-state index contributed by atoms with van der Waals surface area (Å²) in [6.07, 6.45) is 3.77. The number of aliphatic hydroxyl groups is 1. The SMILES string of the molecule is CCC1CCC(CN)(C(O)c2ccc3ccccc3n2)C1. The van der Waals surface area contributed by atoms with Gasteiger partial charge in [-0.15, -0.1) is 0 Å². The van der Waals surface area contributed by atoms with Crippen molar-refractivity contribution in [3.63, 3.8) is 0 Å². The molecule has 3 nitrogen and oxygen atoms in total. The summed E-state index contributed by atoms with van der Waals surface area (Å²) in [7, 11) is 0. The molecule has 3 heteroatoms. The molecule has 112 valence electrons. The van der Waals surface area contributed by atoms with Crippen LogP contribution < -0.4 is 5.73 Å². The van der Waals surface area contributed by atoms with Crippen LogP contribution in [0, 0.1) is 11.3 Å². The monoisotopic (exact) mass is 284 g/mol. The van der Waals surface area contributed by atoms with Gasteiger partial charge in [0.1, 0.15) is 6.10 Å². The van der Waals surface area contributed by atoms with Crippen molar-refractivity contribution >= 4 is 10.9 Å². The lowest BCUT2D eigenvalue weighted by Crippen LogP contribution is -2.35. The van der Waals surface area contributed by atoms with Crippen molar-refractivity contribution < 1.29 is 5.11 Å². The summed E-state index contributed by atoms with van der Waals surface area (Å²) in [6, 6.07) is 12.0. The van der Waals surface area contributed by atoms with E-state index in [0.29, 0.717) is 12.5 Å². The molecule has 1 fully saturated rings. The number of rotatable bonds is 4. The van der Waals surface area contributed by atoms with Crippen molar-refractivity contribution in [1.29, 1.82) is 0 Å². The summed E-state index contributed by atoms with van der Waals surface area (Å²) in [4.78, 5) is 4.66. The van der Waals surface area contributed by atoms with Crippen LogP contribution >= 0.6 is 0 Å². The summed E-state index contributed by atoms with van der Waals surface area (Å²) in [5.41, 5.74) is 7.55. The van der Waals surface area contributed by atoms with Gasteiger partial charge in [-0.2, -0.15) is 0 Å². The van der Waals surface area contributed by atoms with E-state index in [1.54, 1.807) is 0 Å². The van der Waals surface area contributed by atoms with E-state index in [-0.39, 0.29) is 5.41 Å². The Balaban J connectivity index is 1.93. The van der Waals surface area contributed by atoms with Gasteiger partial charge in [-0.25, -0.2) is 0 Å². The molecule has 0 saturated heterocycles. The second-order valence-corrected chi connectivity index (χ2v) is 6.41. The first-order chi connectivity index (χ1) is 10.2. The molecular formula is C18H24N2O. The number of pyridine rings is 1. The van der Waals surface area contributed by atoms with Crippen molar-refractivity contribution in [2.24, 2.45) is 17.1 Å². The normalized spacial score (nSPS) is 27.1. The summed E-state index contributed by atoms with van der Waals surface area (Å²) in [5, 5.41) is 12.0. The van der Waals surface area contributed by atoms with Crippen LogP contribution in [0.2, 0.25) is 0 Å². The van der Waals surface area contributed by atoms with E-state index in [2.05, 4.69) is 11.9 Å².